The van der Waals surface area contributed by atoms with Crippen LogP contribution in [0, 0.1) is 0 Å². The lowest BCUT2D eigenvalue weighted by atomic mass is 10.0. The minimum atomic E-state index is -0.147. The van der Waals surface area contributed by atoms with E-state index in [1.165, 1.54) is 77.0 Å². The summed E-state index contributed by atoms with van der Waals surface area (Å²) in [6.07, 6.45) is 22.6. The van der Waals surface area contributed by atoms with Crippen LogP contribution < -0.4 is 0 Å². The summed E-state index contributed by atoms with van der Waals surface area (Å²) in [6.45, 7) is 14.4. The van der Waals surface area contributed by atoms with Gasteiger partial charge in [0.25, 0.3) is 0 Å². The number of rotatable bonds is 46. The van der Waals surface area contributed by atoms with Crippen molar-refractivity contribution in [3.63, 3.8) is 0 Å². The molecule has 0 fully saturated rings. The van der Waals surface area contributed by atoms with Crippen molar-refractivity contribution in [1.82, 2.24) is 0 Å². The van der Waals surface area contributed by atoms with Crippen molar-refractivity contribution in [2.24, 2.45) is 0 Å². The number of hydrogen-bond acceptors (Lipinski definition) is 11. The molecule has 0 atom stereocenters. The van der Waals surface area contributed by atoms with Crippen molar-refractivity contribution in [1.29, 1.82) is 0 Å². The van der Waals surface area contributed by atoms with E-state index in [0.717, 1.165) is 38.7 Å². The first kappa shape index (κ1) is 50.1. The van der Waals surface area contributed by atoms with Crippen LogP contribution >= 0.6 is 0 Å². The molecule has 51 heavy (non-hydrogen) atoms. The molecule has 0 unspecified atom stereocenters. The van der Waals surface area contributed by atoms with Crippen LogP contribution in [0.1, 0.15) is 129 Å². The Morgan fingerprint density at radius 2 is 0.510 bits per heavy atom. The minimum Gasteiger partial charge on any atom is -0.463 e. The number of ether oxygens (including phenoxy) is 10. The molecule has 0 N–H and O–H groups in total. The lowest BCUT2D eigenvalue weighted by Gasteiger charge is -2.09. The van der Waals surface area contributed by atoms with Gasteiger partial charge in [-0.15, -0.1) is 0 Å². The predicted molar refractivity (Wildman–Crippen MR) is 203 cm³/mol. The van der Waals surface area contributed by atoms with E-state index in [0.29, 0.717) is 119 Å². The van der Waals surface area contributed by atoms with Gasteiger partial charge >= 0.3 is 5.97 Å². The maximum atomic E-state index is 11.6. The van der Waals surface area contributed by atoms with Gasteiger partial charge in [-0.2, -0.15) is 0 Å². The van der Waals surface area contributed by atoms with E-state index in [2.05, 4.69) is 13.8 Å². The average molecular weight is 737 g/mol. The molecule has 11 heteroatoms. The van der Waals surface area contributed by atoms with Crippen molar-refractivity contribution in [2.75, 3.05) is 126 Å². The van der Waals surface area contributed by atoms with Gasteiger partial charge in [-0.1, -0.05) is 110 Å². The van der Waals surface area contributed by atoms with Gasteiger partial charge in [0.15, 0.2) is 0 Å². The van der Waals surface area contributed by atoms with Crippen LogP contribution in [0.5, 0.6) is 0 Å². The van der Waals surface area contributed by atoms with Gasteiger partial charge < -0.3 is 47.4 Å². The summed E-state index contributed by atoms with van der Waals surface area (Å²) in [4.78, 5) is 11.6. The Hall–Kier alpha value is -0.890. The maximum absolute atomic E-state index is 11.6. The monoisotopic (exact) mass is 737 g/mol. The summed E-state index contributed by atoms with van der Waals surface area (Å²) in [5.41, 5.74) is 0. The molecule has 0 aromatic heterocycles. The van der Waals surface area contributed by atoms with E-state index in [-0.39, 0.29) is 12.6 Å². The molecule has 11 nitrogen and oxygen atoms in total. The van der Waals surface area contributed by atoms with Gasteiger partial charge in [-0.25, -0.2) is 0 Å². The Bertz CT molecular complexity index is 642. The van der Waals surface area contributed by atoms with Crippen LogP contribution in [0.3, 0.4) is 0 Å². The van der Waals surface area contributed by atoms with Gasteiger partial charge in [0.2, 0.25) is 0 Å². The smallest absolute Gasteiger partial charge is 0.305 e. The molecule has 0 spiro atoms. The highest BCUT2D eigenvalue weighted by molar-refractivity contribution is 5.69. The fourth-order valence-corrected chi connectivity index (χ4v) is 5.07. The van der Waals surface area contributed by atoms with Crippen molar-refractivity contribution in [3.8, 4) is 0 Å². The second-order valence-corrected chi connectivity index (χ2v) is 12.8. The van der Waals surface area contributed by atoms with E-state index in [9.17, 15) is 4.79 Å². The Balaban J connectivity index is 3.08. The van der Waals surface area contributed by atoms with Crippen molar-refractivity contribution in [2.45, 2.75) is 129 Å². The van der Waals surface area contributed by atoms with Gasteiger partial charge in [-0.3, -0.25) is 4.79 Å². The van der Waals surface area contributed by atoms with Crippen LogP contribution in [0.25, 0.3) is 0 Å². The minimum absolute atomic E-state index is 0.147. The van der Waals surface area contributed by atoms with Crippen LogP contribution in [0.2, 0.25) is 0 Å². The highest BCUT2D eigenvalue weighted by Crippen LogP contribution is 2.12. The summed E-state index contributed by atoms with van der Waals surface area (Å²) in [7, 11) is 0. The predicted octanol–water partition coefficient (Wildman–Crippen LogP) is 7.74. The molecular formula is C40H80O11. The standard InChI is InChI=1S/C40H80O11/c1-3-5-7-9-10-11-12-13-14-15-16-17-19-21-42-22-23-43-24-25-44-26-27-45-28-29-46-30-31-47-32-33-48-34-35-49-36-37-50-38-39-51-40(41)20-18-8-6-4-2/h3-39H2,1-2H3. The van der Waals surface area contributed by atoms with E-state index in [4.69, 9.17) is 47.4 Å². The summed E-state index contributed by atoms with van der Waals surface area (Å²) >= 11 is 0. The van der Waals surface area contributed by atoms with Crippen molar-refractivity contribution in [3.05, 3.63) is 0 Å². The second kappa shape index (κ2) is 47.1. The molecule has 0 heterocycles. The lowest BCUT2D eigenvalue weighted by Crippen LogP contribution is -2.15. The fourth-order valence-electron chi connectivity index (χ4n) is 5.07. The Morgan fingerprint density at radius 1 is 0.275 bits per heavy atom. The van der Waals surface area contributed by atoms with Gasteiger partial charge in [0.1, 0.15) is 6.61 Å². The Labute approximate surface area is 312 Å². The van der Waals surface area contributed by atoms with Crippen LogP contribution in [0.4, 0.5) is 0 Å². The molecule has 0 aromatic rings. The van der Waals surface area contributed by atoms with Crippen LogP contribution in [0.15, 0.2) is 0 Å². The largest absolute Gasteiger partial charge is 0.463 e. The number of carbonyl (C=O) groups excluding carboxylic acids is 1. The SMILES string of the molecule is CCCCCCCCCCCCCCCOCCOCCOCCOCCOCCOCCOCCOCCOCCOC(=O)CCCCCC. The molecule has 0 radical (unpaired) electrons. The zero-order valence-electron chi connectivity index (χ0n) is 33.2. The summed E-state index contributed by atoms with van der Waals surface area (Å²) in [5.74, 6) is -0.147. The summed E-state index contributed by atoms with van der Waals surface area (Å²) in [6, 6.07) is 0. The average Bonchev–Trinajstić information content (AvgIpc) is 3.14. The third-order valence-corrected chi connectivity index (χ3v) is 8.09. The molecule has 0 saturated heterocycles. The van der Waals surface area contributed by atoms with Crippen LogP contribution in [-0.2, 0) is 52.2 Å². The van der Waals surface area contributed by atoms with Gasteiger partial charge in [0.05, 0.1) is 112 Å². The number of hydrogen-bond donors (Lipinski definition) is 0. The Kier molecular flexibility index (Phi) is 46.3. The molecule has 0 aromatic carbocycles. The molecule has 0 aliphatic heterocycles. The van der Waals surface area contributed by atoms with E-state index in [1.54, 1.807) is 0 Å². The molecule has 0 aliphatic carbocycles. The molecule has 0 aliphatic rings. The fraction of sp³-hybridized carbons (Fsp3) is 0.975. The lowest BCUT2D eigenvalue weighted by molar-refractivity contribution is -0.145. The molecular weight excluding hydrogens is 656 g/mol. The first-order valence-electron chi connectivity index (χ1n) is 20.7. The van der Waals surface area contributed by atoms with Gasteiger partial charge in [-0.05, 0) is 12.8 Å². The normalized spacial score (nSPS) is 11.5. The number of carbonyl (C=O) groups is 1. The van der Waals surface area contributed by atoms with Crippen LogP contribution in [-0.4, -0.2) is 132 Å². The zero-order valence-corrected chi connectivity index (χ0v) is 33.2. The molecule has 0 bridgehead atoms. The number of esters is 1. The maximum Gasteiger partial charge on any atom is 0.305 e. The molecule has 0 amide bonds. The van der Waals surface area contributed by atoms with E-state index < -0.39 is 0 Å². The van der Waals surface area contributed by atoms with Crippen molar-refractivity contribution >= 4 is 5.97 Å². The quantitative estimate of drug-likeness (QED) is 0.0452. The van der Waals surface area contributed by atoms with E-state index in [1.807, 2.05) is 0 Å². The highest BCUT2D eigenvalue weighted by atomic mass is 16.6. The van der Waals surface area contributed by atoms with E-state index >= 15 is 0 Å². The molecule has 0 rings (SSSR count). The topological polar surface area (TPSA) is 109 Å². The summed E-state index contributed by atoms with van der Waals surface area (Å²) < 4.78 is 54.8. The Morgan fingerprint density at radius 3 is 0.824 bits per heavy atom. The van der Waals surface area contributed by atoms with Crippen molar-refractivity contribution < 1.29 is 52.2 Å². The van der Waals surface area contributed by atoms with Gasteiger partial charge in [0, 0.05) is 13.0 Å². The highest BCUT2D eigenvalue weighted by Gasteiger charge is 2.02. The zero-order chi connectivity index (χ0) is 36.8. The first-order chi connectivity index (χ1) is 25.3. The second-order valence-electron chi connectivity index (χ2n) is 12.8. The summed E-state index contributed by atoms with van der Waals surface area (Å²) in [5, 5.41) is 0. The molecule has 306 valence electrons. The number of unbranched alkanes of at least 4 members (excludes halogenated alkanes) is 15. The first-order valence-corrected chi connectivity index (χ1v) is 20.7. The third-order valence-electron chi connectivity index (χ3n) is 8.09. The molecule has 0 saturated carbocycles. The third kappa shape index (κ3) is 47.1.